The Bertz CT molecular complexity index is 934. The van der Waals surface area contributed by atoms with Gasteiger partial charge in [-0.3, -0.25) is 19.0 Å². The molecule has 0 bridgehead atoms. The van der Waals surface area contributed by atoms with Crippen molar-refractivity contribution in [3.8, 4) is 0 Å². The lowest BCUT2D eigenvalue weighted by molar-refractivity contribution is -0.166. The Hall–Kier alpha value is -2.73. The molecule has 12 heteroatoms. The van der Waals surface area contributed by atoms with Crippen LogP contribution in [0.3, 0.4) is 0 Å². The first-order chi connectivity index (χ1) is 13.8. The van der Waals surface area contributed by atoms with Crippen molar-refractivity contribution in [2.45, 2.75) is 50.3 Å². The minimum atomic E-state index is -0.998. The molecule has 2 aromatic heterocycles. The van der Waals surface area contributed by atoms with Gasteiger partial charge in [-0.25, -0.2) is 15.0 Å². The summed E-state index contributed by atoms with van der Waals surface area (Å²) in [5.74, 6) is -1.70. The van der Waals surface area contributed by atoms with Gasteiger partial charge in [0.1, 0.15) is 29.6 Å². The third-order valence-corrected chi connectivity index (χ3v) is 4.82. The van der Waals surface area contributed by atoms with Gasteiger partial charge < -0.3 is 18.9 Å². The van der Waals surface area contributed by atoms with Crippen LogP contribution in [0, 0.1) is 0 Å². The Morgan fingerprint density at radius 3 is 2.38 bits per heavy atom. The number of carbonyl (C=O) groups excluding carboxylic acids is 3. The van der Waals surface area contributed by atoms with Crippen molar-refractivity contribution in [1.29, 1.82) is 0 Å². The predicted molar refractivity (Wildman–Crippen MR) is 98.8 cm³/mol. The number of rotatable bonds is 6. The van der Waals surface area contributed by atoms with Crippen molar-refractivity contribution in [3.05, 3.63) is 12.7 Å². The molecule has 0 spiro atoms. The van der Waals surface area contributed by atoms with Crippen LogP contribution in [0.25, 0.3) is 11.2 Å². The van der Waals surface area contributed by atoms with E-state index >= 15 is 0 Å². The summed E-state index contributed by atoms with van der Waals surface area (Å²) in [5, 5.41) is 0.670. The zero-order chi connectivity index (χ0) is 21.1. The van der Waals surface area contributed by atoms with Gasteiger partial charge in [-0.05, 0) is 6.26 Å². The maximum absolute atomic E-state index is 11.7. The Balaban J connectivity index is 2.02. The van der Waals surface area contributed by atoms with Crippen molar-refractivity contribution in [3.63, 3.8) is 0 Å². The first-order valence-corrected chi connectivity index (χ1v) is 9.89. The van der Waals surface area contributed by atoms with Gasteiger partial charge in [0.15, 0.2) is 24.1 Å². The van der Waals surface area contributed by atoms with Gasteiger partial charge in [0.2, 0.25) is 0 Å². The molecule has 0 N–H and O–H groups in total. The molecular formula is C17H20N4O7S. The highest BCUT2D eigenvalue weighted by molar-refractivity contribution is 7.98. The maximum Gasteiger partial charge on any atom is 0.303 e. The van der Waals surface area contributed by atoms with Gasteiger partial charge in [0.25, 0.3) is 0 Å². The molecule has 0 aromatic carbocycles. The molecule has 0 aliphatic carbocycles. The lowest BCUT2D eigenvalue weighted by Gasteiger charge is -2.23. The van der Waals surface area contributed by atoms with Crippen molar-refractivity contribution >= 4 is 40.8 Å². The fourth-order valence-electron chi connectivity index (χ4n) is 3.08. The van der Waals surface area contributed by atoms with E-state index in [1.54, 1.807) is 4.57 Å². The van der Waals surface area contributed by atoms with Crippen LogP contribution < -0.4 is 0 Å². The number of esters is 3. The Morgan fingerprint density at radius 2 is 1.76 bits per heavy atom. The highest BCUT2D eigenvalue weighted by Gasteiger charge is 2.51. The second kappa shape index (κ2) is 8.74. The molecule has 1 aliphatic heterocycles. The van der Waals surface area contributed by atoms with E-state index in [1.165, 1.54) is 45.2 Å². The summed E-state index contributed by atoms with van der Waals surface area (Å²) in [4.78, 5) is 47.4. The van der Waals surface area contributed by atoms with Crippen LogP contribution in [0.5, 0.6) is 0 Å². The molecule has 11 nitrogen and oxygen atoms in total. The molecule has 29 heavy (non-hydrogen) atoms. The van der Waals surface area contributed by atoms with Crippen LogP contribution in [0.1, 0.15) is 27.0 Å². The van der Waals surface area contributed by atoms with E-state index in [2.05, 4.69) is 15.0 Å². The number of hydrogen-bond acceptors (Lipinski definition) is 11. The molecule has 1 saturated heterocycles. The van der Waals surface area contributed by atoms with E-state index in [4.69, 9.17) is 18.9 Å². The number of imidazole rings is 1. The fourth-order valence-corrected chi connectivity index (χ4v) is 3.57. The third-order valence-electron chi connectivity index (χ3n) is 4.13. The Labute approximate surface area is 170 Å². The summed E-state index contributed by atoms with van der Waals surface area (Å²) in [7, 11) is 0. The van der Waals surface area contributed by atoms with Gasteiger partial charge in [-0.1, -0.05) is 0 Å². The number of nitrogens with zero attached hydrogens (tertiary/aromatic N) is 4. The smallest absolute Gasteiger partial charge is 0.303 e. The second-order valence-corrected chi connectivity index (χ2v) is 7.02. The molecule has 3 unspecified atom stereocenters. The van der Waals surface area contributed by atoms with Crippen LogP contribution in [-0.2, 0) is 33.3 Å². The largest absolute Gasteiger partial charge is 0.463 e. The molecule has 156 valence electrons. The van der Waals surface area contributed by atoms with Crippen LogP contribution in [-0.4, -0.2) is 68.6 Å². The SMILES string of the molecule is CSc1ncnc2c1ncn2C1OC(COC(C)=O)[C@H](OC(C)=O)C1OC(C)=O. The minimum Gasteiger partial charge on any atom is -0.463 e. The highest BCUT2D eigenvalue weighted by Crippen LogP contribution is 2.36. The highest BCUT2D eigenvalue weighted by atomic mass is 32.2. The van der Waals surface area contributed by atoms with Gasteiger partial charge >= 0.3 is 17.9 Å². The Kier molecular flexibility index (Phi) is 6.33. The molecule has 0 amide bonds. The summed E-state index contributed by atoms with van der Waals surface area (Å²) >= 11 is 1.41. The van der Waals surface area contributed by atoms with Crippen LogP contribution in [0.15, 0.2) is 17.7 Å². The van der Waals surface area contributed by atoms with Crippen molar-refractivity contribution in [2.75, 3.05) is 12.9 Å². The molecule has 1 aliphatic rings. The normalized spacial score (nSPS) is 23.7. The number of thioether (sulfide) groups is 1. The minimum absolute atomic E-state index is 0.181. The number of hydrogen-bond donors (Lipinski definition) is 0. The summed E-state index contributed by atoms with van der Waals surface area (Å²) in [5.41, 5.74) is 1.01. The van der Waals surface area contributed by atoms with Crippen molar-refractivity contribution in [1.82, 2.24) is 19.5 Å². The predicted octanol–water partition coefficient (Wildman–Crippen LogP) is 0.872. The monoisotopic (exact) mass is 424 g/mol. The fraction of sp³-hybridized carbons (Fsp3) is 0.529. The number of aromatic nitrogens is 4. The standard InChI is InChI=1S/C17H20N4O7S/c1-8(22)25-5-11-13(26-9(2)23)14(27-10(3)24)17(28-11)21-7-20-12-15(21)18-6-19-16(12)29-4/h6-7,11,13-14,17H,5H2,1-4H3/t11?,13-,14?,17?/m0/s1. The molecular weight excluding hydrogens is 404 g/mol. The number of carbonyl (C=O) groups is 3. The zero-order valence-electron chi connectivity index (χ0n) is 16.2. The second-order valence-electron chi connectivity index (χ2n) is 6.22. The zero-order valence-corrected chi connectivity index (χ0v) is 17.0. The van der Waals surface area contributed by atoms with E-state index in [-0.39, 0.29) is 6.61 Å². The molecule has 2 aromatic rings. The van der Waals surface area contributed by atoms with Gasteiger partial charge in [-0.15, -0.1) is 11.8 Å². The molecule has 0 saturated carbocycles. The van der Waals surface area contributed by atoms with Crippen LogP contribution in [0.4, 0.5) is 0 Å². The summed E-state index contributed by atoms with van der Waals surface area (Å²) in [6.07, 6.45) is 0.999. The van der Waals surface area contributed by atoms with E-state index in [1.807, 2.05) is 6.26 Å². The van der Waals surface area contributed by atoms with Crippen LogP contribution in [0.2, 0.25) is 0 Å². The topological polar surface area (TPSA) is 132 Å². The van der Waals surface area contributed by atoms with E-state index in [0.717, 1.165) is 0 Å². The third kappa shape index (κ3) is 4.48. The summed E-state index contributed by atoms with van der Waals surface area (Å²) in [6, 6.07) is 0. The van der Waals surface area contributed by atoms with E-state index in [9.17, 15) is 14.4 Å². The lowest BCUT2D eigenvalue weighted by atomic mass is 10.1. The van der Waals surface area contributed by atoms with Crippen molar-refractivity contribution in [2.24, 2.45) is 0 Å². The maximum atomic E-state index is 11.7. The molecule has 1 fully saturated rings. The van der Waals surface area contributed by atoms with Gasteiger partial charge in [0, 0.05) is 20.8 Å². The average Bonchev–Trinajstić information content (AvgIpc) is 3.21. The summed E-state index contributed by atoms with van der Waals surface area (Å²) < 4.78 is 23.4. The molecule has 3 heterocycles. The number of ether oxygens (including phenoxy) is 4. The first kappa shape index (κ1) is 21.0. The van der Waals surface area contributed by atoms with E-state index < -0.39 is 42.4 Å². The Morgan fingerprint density at radius 1 is 1.07 bits per heavy atom. The molecule has 3 rings (SSSR count). The van der Waals surface area contributed by atoms with Gasteiger partial charge in [0.05, 0.1) is 6.33 Å². The first-order valence-electron chi connectivity index (χ1n) is 8.66. The number of fused-ring (bicyclic) bond motifs is 1. The molecule has 0 radical (unpaired) electrons. The van der Waals surface area contributed by atoms with E-state index in [0.29, 0.717) is 16.2 Å². The summed E-state index contributed by atoms with van der Waals surface area (Å²) in [6.45, 7) is 3.53. The quantitative estimate of drug-likeness (QED) is 0.283. The molecule has 4 atom stereocenters. The van der Waals surface area contributed by atoms with Crippen LogP contribution >= 0.6 is 11.8 Å². The van der Waals surface area contributed by atoms with Crippen molar-refractivity contribution < 1.29 is 33.3 Å². The van der Waals surface area contributed by atoms with Gasteiger partial charge in [-0.2, -0.15) is 0 Å². The lowest BCUT2D eigenvalue weighted by Crippen LogP contribution is -2.40. The average molecular weight is 424 g/mol.